The smallest absolute Gasteiger partial charge is 0.544 e. The van der Waals surface area contributed by atoms with E-state index in [2.05, 4.69) is 0 Å². The van der Waals surface area contributed by atoms with Crippen molar-refractivity contribution in [2.75, 3.05) is 0 Å². The number of carbonyl (C=O) groups excluding carboxylic acids is 1. The Kier molecular flexibility index (Phi) is 4.20. The van der Waals surface area contributed by atoms with Gasteiger partial charge in [0.1, 0.15) is 0 Å². The van der Waals surface area contributed by atoms with E-state index in [0.29, 0.717) is 5.02 Å². The van der Waals surface area contributed by atoms with Gasteiger partial charge < -0.3 is 9.90 Å². The number of carboxylic acid groups (broad SMARTS) is 1. The third kappa shape index (κ3) is 2.22. The number of fused-ring (bicyclic) bond motifs is 1. The fourth-order valence-electron chi connectivity index (χ4n) is 1.41. The second kappa shape index (κ2) is 4.85. The molecule has 5 heteroatoms. The minimum absolute atomic E-state index is 0. The number of aromatic carboxylic acids is 1. The van der Waals surface area contributed by atoms with Gasteiger partial charge in [-0.3, -0.25) is 0 Å². The monoisotopic (exact) mass is 248 g/mol. The van der Waals surface area contributed by atoms with Gasteiger partial charge in [0.25, 0.3) is 0 Å². The minimum Gasteiger partial charge on any atom is -0.544 e. The first-order valence-corrected chi connectivity index (χ1v) is 5.19. The van der Waals surface area contributed by atoms with Gasteiger partial charge >= 0.3 is 29.6 Å². The van der Waals surface area contributed by atoms with Gasteiger partial charge in [-0.25, -0.2) is 0 Å². The molecule has 72 valence electrons. The van der Waals surface area contributed by atoms with Crippen molar-refractivity contribution >= 4 is 39.0 Å². The summed E-state index contributed by atoms with van der Waals surface area (Å²) in [5.74, 6) is -1.21. The zero-order chi connectivity index (χ0) is 10.3. The van der Waals surface area contributed by atoms with E-state index >= 15 is 0 Å². The molecule has 0 atom stereocenters. The van der Waals surface area contributed by atoms with E-state index in [-0.39, 0.29) is 34.4 Å². The quantitative estimate of drug-likeness (QED) is 0.622. The Hall–Kier alpha value is -0.0600. The summed E-state index contributed by atoms with van der Waals surface area (Å²) in [5, 5.41) is 11.8. The van der Waals surface area contributed by atoms with Crippen LogP contribution in [0.25, 0.3) is 10.1 Å². The topological polar surface area (TPSA) is 40.1 Å². The molecule has 0 radical (unpaired) electrons. The molecule has 0 unspecified atom stereocenters. The molecule has 2 nitrogen and oxygen atoms in total. The van der Waals surface area contributed by atoms with E-state index < -0.39 is 5.97 Å². The van der Waals surface area contributed by atoms with Crippen molar-refractivity contribution in [2.45, 2.75) is 6.92 Å². The van der Waals surface area contributed by atoms with Gasteiger partial charge in [0.2, 0.25) is 0 Å². The summed E-state index contributed by atoms with van der Waals surface area (Å²) in [6, 6.07) is 5.63. The molecule has 0 saturated heterocycles. The van der Waals surface area contributed by atoms with E-state index in [1.807, 2.05) is 25.1 Å². The van der Waals surface area contributed by atoms with E-state index in [0.717, 1.165) is 27.0 Å². The fraction of sp³-hybridized carbons (Fsp3) is 0.100. The summed E-state index contributed by atoms with van der Waals surface area (Å²) in [4.78, 5) is 10.8. The molecule has 0 aliphatic rings. The summed E-state index contributed by atoms with van der Waals surface area (Å²) < 4.78 is 0.884. The van der Waals surface area contributed by atoms with Crippen molar-refractivity contribution < 1.29 is 39.5 Å². The Balaban J connectivity index is 0.00000112. The normalized spacial score (nSPS) is 10.0. The molecule has 0 bridgehead atoms. The summed E-state index contributed by atoms with van der Waals surface area (Å²) >= 11 is 7.10. The summed E-state index contributed by atoms with van der Waals surface area (Å²) in [6.45, 7) is 1.90. The van der Waals surface area contributed by atoms with Crippen LogP contribution in [0.1, 0.15) is 15.2 Å². The number of thiophene rings is 1. The Morgan fingerprint density at radius 2 is 2.13 bits per heavy atom. The molecule has 1 aromatic carbocycles. The zero-order valence-electron chi connectivity index (χ0n) is 8.33. The van der Waals surface area contributed by atoms with Crippen LogP contribution in [0.5, 0.6) is 0 Å². The van der Waals surface area contributed by atoms with E-state index in [4.69, 9.17) is 11.6 Å². The van der Waals surface area contributed by atoms with Crippen molar-refractivity contribution in [1.82, 2.24) is 0 Å². The van der Waals surface area contributed by atoms with E-state index in [9.17, 15) is 9.90 Å². The zero-order valence-corrected chi connectivity index (χ0v) is 11.9. The largest absolute Gasteiger partial charge is 1.00 e. The number of rotatable bonds is 1. The maximum Gasteiger partial charge on any atom is 1.00 e. The van der Waals surface area contributed by atoms with E-state index in [1.54, 1.807) is 0 Å². The van der Waals surface area contributed by atoms with Crippen molar-refractivity contribution in [3.8, 4) is 0 Å². The number of aryl methyl sites for hydroxylation is 1. The average molecular weight is 249 g/mol. The molecule has 1 heterocycles. The Bertz CT molecular complexity index is 521. The van der Waals surface area contributed by atoms with Gasteiger partial charge in [0, 0.05) is 10.1 Å². The van der Waals surface area contributed by atoms with Crippen LogP contribution in [0.2, 0.25) is 5.02 Å². The van der Waals surface area contributed by atoms with Crippen LogP contribution in [0.15, 0.2) is 18.2 Å². The minimum atomic E-state index is -1.21. The first-order valence-electron chi connectivity index (χ1n) is 4.00. The van der Waals surface area contributed by atoms with Gasteiger partial charge in [0.15, 0.2) is 0 Å². The standard InChI is InChI=1S/C10H7ClO2S.Na/c1-5-3-2-4-6-7(5)8(11)9(14-6)10(12)13;/h2-4H,1H3,(H,12,13);/q;+1/p-1. The van der Waals surface area contributed by atoms with Crippen LogP contribution in [-0.2, 0) is 0 Å². The number of hydrogen-bond donors (Lipinski definition) is 0. The van der Waals surface area contributed by atoms with Crippen molar-refractivity contribution in [1.29, 1.82) is 0 Å². The Labute approximate surface area is 118 Å². The second-order valence-corrected chi connectivity index (χ2v) is 4.41. The summed E-state index contributed by atoms with van der Waals surface area (Å²) in [5.41, 5.74) is 0.983. The van der Waals surface area contributed by atoms with Crippen LogP contribution in [0.3, 0.4) is 0 Å². The number of carboxylic acids is 1. The summed E-state index contributed by atoms with van der Waals surface area (Å²) in [6.07, 6.45) is 0. The fourth-order valence-corrected chi connectivity index (χ4v) is 2.91. The first-order chi connectivity index (χ1) is 6.61. The molecule has 0 fully saturated rings. The van der Waals surface area contributed by atoms with Gasteiger partial charge in [-0.15, -0.1) is 11.3 Å². The molecule has 0 saturated carbocycles. The molecule has 2 rings (SSSR count). The predicted molar refractivity (Wildman–Crippen MR) is 55.9 cm³/mol. The Morgan fingerprint density at radius 3 is 2.67 bits per heavy atom. The third-order valence-electron chi connectivity index (χ3n) is 2.05. The van der Waals surface area contributed by atoms with Gasteiger partial charge in [-0.05, 0) is 18.6 Å². The van der Waals surface area contributed by atoms with Crippen molar-refractivity contribution in [3.63, 3.8) is 0 Å². The maximum absolute atomic E-state index is 10.7. The molecule has 1 aromatic heterocycles. The molecule has 15 heavy (non-hydrogen) atoms. The number of benzene rings is 1. The molecule has 0 N–H and O–H groups in total. The number of carbonyl (C=O) groups is 1. The summed E-state index contributed by atoms with van der Waals surface area (Å²) in [7, 11) is 0. The predicted octanol–water partition coefficient (Wildman–Crippen LogP) is -0.769. The molecule has 0 aliphatic carbocycles. The number of halogens is 1. The van der Waals surface area contributed by atoms with Gasteiger partial charge in [0.05, 0.1) is 15.9 Å². The molecule has 2 aromatic rings. The van der Waals surface area contributed by atoms with Crippen molar-refractivity contribution in [3.05, 3.63) is 33.7 Å². The molecule has 0 amide bonds. The van der Waals surface area contributed by atoms with Crippen LogP contribution >= 0.6 is 22.9 Å². The Morgan fingerprint density at radius 1 is 1.47 bits per heavy atom. The van der Waals surface area contributed by atoms with Crippen LogP contribution in [-0.4, -0.2) is 5.97 Å². The molecular formula is C10H6ClNaO2S. The van der Waals surface area contributed by atoms with E-state index in [1.165, 1.54) is 0 Å². The van der Waals surface area contributed by atoms with Gasteiger partial charge in [-0.2, -0.15) is 0 Å². The maximum atomic E-state index is 10.7. The van der Waals surface area contributed by atoms with Crippen LogP contribution in [0.4, 0.5) is 0 Å². The van der Waals surface area contributed by atoms with Crippen LogP contribution < -0.4 is 34.7 Å². The second-order valence-electron chi connectivity index (χ2n) is 2.98. The van der Waals surface area contributed by atoms with Crippen molar-refractivity contribution in [2.24, 2.45) is 0 Å². The number of hydrogen-bond acceptors (Lipinski definition) is 3. The third-order valence-corrected chi connectivity index (χ3v) is 3.68. The molecule has 0 spiro atoms. The first kappa shape index (κ1) is 13.0. The van der Waals surface area contributed by atoms with Crippen LogP contribution in [0, 0.1) is 6.92 Å². The molecule has 0 aliphatic heterocycles. The van der Waals surface area contributed by atoms with Gasteiger partial charge in [-0.1, -0.05) is 23.7 Å². The average Bonchev–Trinajstić information content (AvgIpc) is 2.45. The molecular weight excluding hydrogens is 243 g/mol. The SMILES string of the molecule is Cc1cccc2sc(C(=O)[O-])c(Cl)c12.[Na+].